The molecule has 0 heterocycles. The van der Waals surface area contributed by atoms with Gasteiger partial charge < -0.3 is 14.6 Å². The lowest BCUT2D eigenvalue weighted by molar-refractivity contribution is 0.310. The molecule has 0 saturated carbocycles. The molecule has 13 heavy (non-hydrogen) atoms. The van der Waals surface area contributed by atoms with Gasteiger partial charge in [0.2, 0.25) is 17.3 Å². The standard InChI is InChI=1S/C8H8F2O3/c1-12-7-5(11)3-4(9)6(10)8(7)13-2/h3,11H,1-2H3. The molecule has 0 unspecified atom stereocenters. The molecule has 0 aliphatic heterocycles. The Bertz CT molecular complexity index is 326. The Morgan fingerprint density at radius 2 is 1.69 bits per heavy atom. The molecule has 0 atom stereocenters. The van der Waals surface area contributed by atoms with E-state index in [0.29, 0.717) is 6.07 Å². The lowest BCUT2D eigenvalue weighted by Gasteiger charge is -2.09. The molecule has 0 aromatic heterocycles. The summed E-state index contributed by atoms with van der Waals surface area (Å²) in [6.07, 6.45) is 0. The third-order valence-corrected chi connectivity index (χ3v) is 1.52. The summed E-state index contributed by atoms with van der Waals surface area (Å²) in [5.41, 5.74) is 0. The van der Waals surface area contributed by atoms with Crippen molar-refractivity contribution in [2.24, 2.45) is 0 Å². The van der Waals surface area contributed by atoms with Crippen LogP contribution in [0.5, 0.6) is 17.2 Å². The smallest absolute Gasteiger partial charge is 0.206 e. The summed E-state index contributed by atoms with van der Waals surface area (Å²) in [7, 11) is 2.37. The normalized spacial score (nSPS) is 9.85. The van der Waals surface area contributed by atoms with Gasteiger partial charge in [0.25, 0.3) is 0 Å². The van der Waals surface area contributed by atoms with Crippen LogP contribution in [0, 0.1) is 11.6 Å². The molecular weight excluding hydrogens is 182 g/mol. The van der Waals surface area contributed by atoms with E-state index in [1.54, 1.807) is 0 Å². The van der Waals surface area contributed by atoms with Crippen molar-refractivity contribution in [1.29, 1.82) is 0 Å². The molecule has 5 heteroatoms. The zero-order valence-corrected chi connectivity index (χ0v) is 7.10. The first kappa shape index (κ1) is 9.57. The second-order valence-electron chi connectivity index (χ2n) is 2.26. The first-order chi connectivity index (χ1) is 6.11. The average Bonchev–Trinajstić information content (AvgIpc) is 2.10. The van der Waals surface area contributed by atoms with Crippen LogP contribution in [0.2, 0.25) is 0 Å². The summed E-state index contributed by atoms with van der Waals surface area (Å²) in [5.74, 6) is -3.54. The van der Waals surface area contributed by atoms with E-state index in [-0.39, 0.29) is 5.75 Å². The molecule has 0 aliphatic carbocycles. The van der Waals surface area contributed by atoms with Crippen LogP contribution in [-0.4, -0.2) is 19.3 Å². The van der Waals surface area contributed by atoms with Crippen molar-refractivity contribution in [2.75, 3.05) is 14.2 Å². The Morgan fingerprint density at radius 3 is 2.15 bits per heavy atom. The number of halogens is 2. The van der Waals surface area contributed by atoms with E-state index in [1.807, 2.05) is 0 Å². The summed E-state index contributed by atoms with van der Waals surface area (Å²) < 4.78 is 34.8. The van der Waals surface area contributed by atoms with Gasteiger partial charge in [-0.1, -0.05) is 0 Å². The van der Waals surface area contributed by atoms with Gasteiger partial charge in [-0.15, -0.1) is 0 Å². The highest BCUT2D eigenvalue weighted by molar-refractivity contribution is 5.51. The summed E-state index contributed by atoms with van der Waals surface area (Å²) in [6.45, 7) is 0. The van der Waals surface area contributed by atoms with Gasteiger partial charge in [-0.05, 0) is 0 Å². The van der Waals surface area contributed by atoms with Crippen molar-refractivity contribution in [3.8, 4) is 17.2 Å². The van der Waals surface area contributed by atoms with E-state index in [9.17, 15) is 8.78 Å². The second-order valence-corrected chi connectivity index (χ2v) is 2.26. The molecule has 0 bridgehead atoms. The summed E-state index contributed by atoms with van der Waals surface area (Å²) in [6, 6.07) is 0.622. The Hall–Kier alpha value is -1.52. The predicted octanol–water partition coefficient (Wildman–Crippen LogP) is 1.69. The van der Waals surface area contributed by atoms with E-state index in [4.69, 9.17) is 5.11 Å². The van der Waals surface area contributed by atoms with Crippen LogP contribution in [0.15, 0.2) is 6.07 Å². The first-order valence-corrected chi connectivity index (χ1v) is 3.40. The van der Waals surface area contributed by atoms with Gasteiger partial charge in [0, 0.05) is 6.07 Å². The van der Waals surface area contributed by atoms with E-state index in [2.05, 4.69) is 9.47 Å². The maximum Gasteiger partial charge on any atom is 0.206 e. The number of rotatable bonds is 2. The number of methoxy groups -OCH3 is 2. The molecule has 1 aromatic carbocycles. The van der Waals surface area contributed by atoms with Crippen LogP contribution in [0.3, 0.4) is 0 Å². The number of phenolic OH excluding ortho intramolecular Hbond substituents is 1. The third-order valence-electron chi connectivity index (χ3n) is 1.52. The molecule has 3 nitrogen and oxygen atoms in total. The zero-order valence-electron chi connectivity index (χ0n) is 7.10. The molecule has 0 spiro atoms. The topological polar surface area (TPSA) is 38.7 Å². The zero-order chi connectivity index (χ0) is 10.0. The summed E-state index contributed by atoms with van der Waals surface area (Å²) >= 11 is 0. The van der Waals surface area contributed by atoms with Crippen LogP contribution in [0.25, 0.3) is 0 Å². The predicted molar refractivity (Wildman–Crippen MR) is 41.1 cm³/mol. The van der Waals surface area contributed by atoms with Gasteiger partial charge in [-0.3, -0.25) is 0 Å². The van der Waals surface area contributed by atoms with Crippen molar-refractivity contribution in [2.45, 2.75) is 0 Å². The first-order valence-electron chi connectivity index (χ1n) is 3.40. The minimum Gasteiger partial charge on any atom is -0.504 e. The Morgan fingerprint density at radius 1 is 1.15 bits per heavy atom. The average molecular weight is 190 g/mol. The van der Waals surface area contributed by atoms with Crippen LogP contribution in [0.1, 0.15) is 0 Å². The quantitative estimate of drug-likeness (QED) is 0.771. The minimum absolute atomic E-state index is 0.221. The van der Waals surface area contributed by atoms with Gasteiger partial charge in [0.1, 0.15) is 0 Å². The maximum atomic E-state index is 12.9. The van der Waals surface area contributed by atoms with Crippen LogP contribution in [-0.2, 0) is 0 Å². The van der Waals surface area contributed by atoms with Gasteiger partial charge in [0.05, 0.1) is 14.2 Å². The second kappa shape index (κ2) is 3.47. The van der Waals surface area contributed by atoms with Crippen molar-refractivity contribution >= 4 is 0 Å². The lowest BCUT2D eigenvalue weighted by atomic mass is 10.2. The number of benzene rings is 1. The minimum atomic E-state index is -1.19. The SMILES string of the molecule is COc1c(O)cc(F)c(F)c1OC. The highest BCUT2D eigenvalue weighted by Crippen LogP contribution is 2.39. The van der Waals surface area contributed by atoms with Crippen molar-refractivity contribution < 1.29 is 23.4 Å². The molecule has 0 amide bonds. The van der Waals surface area contributed by atoms with E-state index in [1.165, 1.54) is 7.11 Å². The summed E-state index contributed by atoms with van der Waals surface area (Å²) in [4.78, 5) is 0. The highest BCUT2D eigenvalue weighted by Gasteiger charge is 2.19. The third kappa shape index (κ3) is 1.49. The highest BCUT2D eigenvalue weighted by atomic mass is 19.2. The Labute approximate surface area is 73.5 Å². The molecule has 1 N–H and O–H groups in total. The van der Waals surface area contributed by atoms with E-state index < -0.39 is 23.1 Å². The molecule has 0 radical (unpaired) electrons. The van der Waals surface area contributed by atoms with Gasteiger partial charge in [0.15, 0.2) is 11.6 Å². The Kier molecular flexibility index (Phi) is 2.55. The van der Waals surface area contributed by atoms with Crippen molar-refractivity contribution in [3.63, 3.8) is 0 Å². The number of hydrogen-bond donors (Lipinski definition) is 1. The van der Waals surface area contributed by atoms with Gasteiger partial charge >= 0.3 is 0 Å². The number of ether oxygens (including phenoxy) is 2. The summed E-state index contributed by atoms with van der Waals surface area (Å²) in [5, 5.41) is 9.12. The lowest BCUT2D eigenvalue weighted by Crippen LogP contribution is -1.96. The van der Waals surface area contributed by atoms with Gasteiger partial charge in [-0.25, -0.2) is 4.39 Å². The number of phenols is 1. The monoisotopic (exact) mass is 190 g/mol. The van der Waals surface area contributed by atoms with Crippen LogP contribution < -0.4 is 9.47 Å². The Balaban J connectivity index is 3.41. The molecule has 1 aromatic rings. The van der Waals surface area contributed by atoms with Crippen molar-refractivity contribution in [3.05, 3.63) is 17.7 Å². The molecule has 0 aliphatic rings. The molecule has 72 valence electrons. The number of hydrogen-bond acceptors (Lipinski definition) is 3. The fourth-order valence-electron chi connectivity index (χ4n) is 0.953. The van der Waals surface area contributed by atoms with Crippen LogP contribution in [0.4, 0.5) is 8.78 Å². The largest absolute Gasteiger partial charge is 0.504 e. The fraction of sp³-hybridized carbons (Fsp3) is 0.250. The molecular formula is C8H8F2O3. The number of aromatic hydroxyl groups is 1. The molecule has 0 saturated heterocycles. The van der Waals surface area contributed by atoms with Crippen LogP contribution >= 0.6 is 0 Å². The fourth-order valence-corrected chi connectivity index (χ4v) is 0.953. The molecule has 1 rings (SSSR count). The van der Waals surface area contributed by atoms with E-state index >= 15 is 0 Å². The van der Waals surface area contributed by atoms with Gasteiger partial charge in [-0.2, -0.15) is 4.39 Å². The maximum absolute atomic E-state index is 12.9. The molecule has 0 fully saturated rings. The van der Waals surface area contributed by atoms with E-state index in [0.717, 1.165) is 7.11 Å². The van der Waals surface area contributed by atoms with Crippen molar-refractivity contribution in [1.82, 2.24) is 0 Å².